The Morgan fingerprint density at radius 3 is 2.59 bits per heavy atom. The second kappa shape index (κ2) is 3.75. The highest BCUT2D eigenvalue weighted by Crippen LogP contribution is 2.25. The van der Waals surface area contributed by atoms with Gasteiger partial charge in [-0.25, -0.2) is 4.52 Å². The summed E-state index contributed by atoms with van der Waals surface area (Å²) in [6, 6.07) is 9.20. The summed E-state index contributed by atoms with van der Waals surface area (Å²) >= 11 is 6.10. The largest absolute Gasteiger partial charge is 0.384 e. The van der Waals surface area contributed by atoms with E-state index in [1.54, 1.807) is 29.0 Å². The number of halogens is 1. The molecule has 0 atom stereocenters. The molecule has 5 heteroatoms. The molecule has 2 N–H and O–H groups in total. The first-order valence-corrected chi connectivity index (χ1v) is 5.47. The van der Waals surface area contributed by atoms with Crippen LogP contribution >= 0.6 is 11.6 Å². The van der Waals surface area contributed by atoms with Gasteiger partial charge in [0.25, 0.3) is 0 Å². The van der Waals surface area contributed by atoms with Gasteiger partial charge in [0.2, 0.25) is 0 Å². The minimum Gasteiger partial charge on any atom is -0.384 e. The molecule has 4 nitrogen and oxygen atoms in total. The molecule has 3 rings (SSSR count). The fourth-order valence-corrected chi connectivity index (χ4v) is 1.92. The molecule has 0 aliphatic heterocycles. The monoisotopic (exact) mass is 244 g/mol. The van der Waals surface area contributed by atoms with E-state index in [1.165, 1.54) is 0 Å². The van der Waals surface area contributed by atoms with Gasteiger partial charge in [-0.05, 0) is 30.3 Å². The standard InChI is InChI=1S/C12H9ClN4/c13-9-1-2-12(14)17-11(9)7-10(16-17)8-3-5-15-6-4-8/h1-7H,14H2. The van der Waals surface area contributed by atoms with Gasteiger partial charge in [0, 0.05) is 18.0 Å². The molecule has 3 heterocycles. The zero-order valence-electron chi connectivity index (χ0n) is 8.84. The lowest BCUT2D eigenvalue weighted by atomic mass is 10.2. The Balaban J connectivity index is 2.27. The van der Waals surface area contributed by atoms with Gasteiger partial charge in [0.15, 0.2) is 0 Å². The predicted octanol–water partition coefficient (Wildman–Crippen LogP) is 2.63. The van der Waals surface area contributed by atoms with E-state index in [9.17, 15) is 0 Å². The summed E-state index contributed by atoms with van der Waals surface area (Å²) in [7, 11) is 0. The van der Waals surface area contributed by atoms with Crippen LogP contribution in [-0.4, -0.2) is 14.6 Å². The SMILES string of the molecule is Nc1ccc(Cl)c2cc(-c3ccncc3)nn12. The van der Waals surface area contributed by atoms with Crippen LogP contribution in [-0.2, 0) is 0 Å². The fraction of sp³-hybridized carbons (Fsp3) is 0. The second-order valence-corrected chi connectivity index (χ2v) is 4.08. The molecule has 0 aliphatic rings. The van der Waals surface area contributed by atoms with Gasteiger partial charge in [-0.3, -0.25) is 4.98 Å². The van der Waals surface area contributed by atoms with Crippen molar-refractivity contribution >= 4 is 22.9 Å². The molecule has 0 radical (unpaired) electrons. The highest BCUT2D eigenvalue weighted by Gasteiger charge is 2.08. The summed E-state index contributed by atoms with van der Waals surface area (Å²) in [6.45, 7) is 0. The number of pyridine rings is 2. The number of nitrogens with two attached hydrogens (primary N) is 1. The van der Waals surface area contributed by atoms with Crippen LogP contribution in [0.5, 0.6) is 0 Å². The zero-order chi connectivity index (χ0) is 11.8. The number of rotatable bonds is 1. The van der Waals surface area contributed by atoms with Crippen molar-refractivity contribution in [3.8, 4) is 11.3 Å². The van der Waals surface area contributed by atoms with Crippen LogP contribution in [0.2, 0.25) is 5.02 Å². The summed E-state index contributed by atoms with van der Waals surface area (Å²) in [5, 5.41) is 5.05. The average molecular weight is 245 g/mol. The minimum atomic E-state index is 0.560. The van der Waals surface area contributed by atoms with E-state index < -0.39 is 0 Å². The van der Waals surface area contributed by atoms with E-state index in [2.05, 4.69) is 10.1 Å². The molecular formula is C12H9ClN4. The van der Waals surface area contributed by atoms with Crippen LogP contribution in [0.15, 0.2) is 42.7 Å². The molecular weight excluding hydrogens is 236 g/mol. The Labute approximate surface area is 103 Å². The predicted molar refractivity (Wildman–Crippen MR) is 67.8 cm³/mol. The normalized spacial score (nSPS) is 10.9. The van der Waals surface area contributed by atoms with Crippen molar-refractivity contribution in [2.75, 3.05) is 5.73 Å². The lowest BCUT2D eigenvalue weighted by Crippen LogP contribution is -1.97. The van der Waals surface area contributed by atoms with Gasteiger partial charge in [0.05, 0.1) is 16.2 Å². The first-order chi connectivity index (χ1) is 8.25. The Morgan fingerprint density at radius 1 is 1.12 bits per heavy atom. The average Bonchev–Trinajstić information content (AvgIpc) is 2.81. The van der Waals surface area contributed by atoms with Gasteiger partial charge in [-0.2, -0.15) is 5.10 Å². The molecule has 0 spiro atoms. The molecule has 84 valence electrons. The third kappa shape index (κ3) is 1.62. The van der Waals surface area contributed by atoms with Gasteiger partial charge in [-0.15, -0.1) is 0 Å². The number of fused-ring (bicyclic) bond motifs is 1. The molecule has 0 aromatic carbocycles. The Bertz CT molecular complexity index is 637. The van der Waals surface area contributed by atoms with Gasteiger partial charge < -0.3 is 5.73 Å². The number of hydrogen-bond acceptors (Lipinski definition) is 3. The Hall–Kier alpha value is -2.07. The van der Waals surface area contributed by atoms with E-state index in [0.29, 0.717) is 10.8 Å². The maximum Gasteiger partial charge on any atom is 0.125 e. The first kappa shape index (κ1) is 10.1. The van der Waals surface area contributed by atoms with E-state index >= 15 is 0 Å². The molecule has 0 saturated carbocycles. The smallest absolute Gasteiger partial charge is 0.125 e. The van der Waals surface area contributed by atoms with Crippen LogP contribution in [0.3, 0.4) is 0 Å². The fourth-order valence-electron chi connectivity index (χ4n) is 1.73. The van der Waals surface area contributed by atoms with Gasteiger partial charge in [0.1, 0.15) is 5.82 Å². The number of nitrogens with zero attached hydrogens (tertiary/aromatic N) is 3. The van der Waals surface area contributed by atoms with Crippen LogP contribution < -0.4 is 5.73 Å². The molecule has 0 bridgehead atoms. The van der Waals surface area contributed by atoms with Crippen molar-refractivity contribution in [1.82, 2.24) is 14.6 Å². The topological polar surface area (TPSA) is 56.2 Å². The molecule has 3 aromatic heterocycles. The maximum atomic E-state index is 6.10. The highest BCUT2D eigenvalue weighted by atomic mass is 35.5. The summed E-state index contributed by atoms with van der Waals surface area (Å²) < 4.78 is 1.64. The van der Waals surface area contributed by atoms with Gasteiger partial charge >= 0.3 is 0 Å². The third-order valence-electron chi connectivity index (χ3n) is 2.58. The summed E-state index contributed by atoms with van der Waals surface area (Å²) in [4.78, 5) is 3.97. The third-order valence-corrected chi connectivity index (χ3v) is 2.89. The molecule has 0 aliphatic carbocycles. The maximum absolute atomic E-state index is 6.10. The lowest BCUT2D eigenvalue weighted by molar-refractivity contribution is 0.978. The van der Waals surface area contributed by atoms with Crippen LogP contribution in [0.4, 0.5) is 5.82 Å². The summed E-state index contributed by atoms with van der Waals surface area (Å²) in [5.74, 6) is 0.560. The van der Waals surface area contributed by atoms with Crippen molar-refractivity contribution in [3.05, 3.63) is 47.7 Å². The van der Waals surface area contributed by atoms with Crippen molar-refractivity contribution in [2.24, 2.45) is 0 Å². The van der Waals surface area contributed by atoms with Crippen molar-refractivity contribution in [2.45, 2.75) is 0 Å². The number of nitrogen functional groups attached to an aromatic ring is 1. The quantitative estimate of drug-likeness (QED) is 0.716. The van der Waals surface area contributed by atoms with E-state index in [0.717, 1.165) is 16.8 Å². The molecule has 0 amide bonds. The molecule has 0 fully saturated rings. The number of hydrogen-bond donors (Lipinski definition) is 1. The summed E-state index contributed by atoms with van der Waals surface area (Å²) in [5.41, 5.74) is 8.46. The zero-order valence-corrected chi connectivity index (χ0v) is 9.59. The molecule has 3 aromatic rings. The van der Waals surface area contributed by atoms with Crippen LogP contribution in [0.1, 0.15) is 0 Å². The Morgan fingerprint density at radius 2 is 1.88 bits per heavy atom. The Kier molecular flexibility index (Phi) is 2.23. The summed E-state index contributed by atoms with van der Waals surface area (Å²) in [6.07, 6.45) is 3.45. The number of anilines is 1. The van der Waals surface area contributed by atoms with E-state index in [1.807, 2.05) is 18.2 Å². The van der Waals surface area contributed by atoms with Crippen LogP contribution in [0.25, 0.3) is 16.8 Å². The van der Waals surface area contributed by atoms with Crippen molar-refractivity contribution < 1.29 is 0 Å². The van der Waals surface area contributed by atoms with Gasteiger partial charge in [-0.1, -0.05) is 11.6 Å². The first-order valence-electron chi connectivity index (χ1n) is 5.10. The molecule has 17 heavy (non-hydrogen) atoms. The van der Waals surface area contributed by atoms with Crippen molar-refractivity contribution in [3.63, 3.8) is 0 Å². The minimum absolute atomic E-state index is 0.560. The second-order valence-electron chi connectivity index (χ2n) is 3.67. The van der Waals surface area contributed by atoms with Crippen molar-refractivity contribution in [1.29, 1.82) is 0 Å². The lowest BCUT2D eigenvalue weighted by Gasteiger charge is -1.99. The molecule has 0 saturated heterocycles. The van der Waals surface area contributed by atoms with Crippen LogP contribution in [0, 0.1) is 0 Å². The molecule has 0 unspecified atom stereocenters. The van der Waals surface area contributed by atoms with E-state index in [4.69, 9.17) is 17.3 Å². The highest BCUT2D eigenvalue weighted by molar-refractivity contribution is 6.33. The van der Waals surface area contributed by atoms with E-state index in [-0.39, 0.29) is 0 Å². The number of aromatic nitrogens is 3.